The van der Waals surface area contributed by atoms with E-state index in [1.54, 1.807) is 11.0 Å². The second-order valence-electron chi connectivity index (χ2n) is 5.66. The lowest BCUT2D eigenvalue weighted by Gasteiger charge is -2.28. The van der Waals surface area contributed by atoms with Crippen LogP contribution in [-0.2, 0) is 11.2 Å². The molecule has 3 nitrogen and oxygen atoms in total. The summed E-state index contributed by atoms with van der Waals surface area (Å²) >= 11 is 0. The molecule has 0 saturated carbocycles. The number of benzene rings is 2. The maximum Gasteiger partial charge on any atom is 0.227 e. The normalized spacial score (nSPS) is 13.9. The second-order valence-corrected chi connectivity index (χ2v) is 5.66. The van der Waals surface area contributed by atoms with Crippen molar-refractivity contribution >= 4 is 17.4 Å². The third-order valence-electron chi connectivity index (χ3n) is 4.23. The smallest absolute Gasteiger partial charge is 0.227 e. The number of carbonyl (C=O) groups is 2. The Kier molecular flexibility index (Phi) is 4.05. The molecule has 2 aromatic carbocycles. The molecule has 0 aromatic heterocycles. The standard InChI is InChI=1S/C19H19NO2/c1-14-6-2-3-7-15(14)10-11-19(22)20-13-12-18(21)16-8-4-5-9-17(16)20/h2-9H,10-13H2,1H3. The van der Waals surface area contributed by atoms with Gasteiger partial charge in [-0.25, -0.2) is 0 Å². The number of amides is 1. The zero-order chi connectivity index (χ0) is 15.5. The fraction of sp³-hybridized carbons (Fsp3) is 0.263. The van der Waals surface area contributed by atoms with Crippen molar-refractivity contribution in [2.75, 3.05) is 11.4 Å². The Morgan fingerprint density at radius 1 is 1.09 bits per heavy atom. The van der Waals surface area contributed by atoms with E-state index < -0.39 is 0 Å². The fourth-order valence-electron chi connectivity index (χ4n) is 2.94. The van der Waals surface area contributed by atoms with Crippen molar-refractivity contribution in [2.24, 2.45) is 0 Å². The Morgan fingerprint density at radius 2 is 1.82 bits per heavy atom. The molecule has 1 amide bonds. The number of carbonyl (C=O) groups excluding carboxylic acids is 2. The van der Waals surface area contributed by atoms with Crippen molar-refractivity contribution in [2.45, 2.75) is 26.2 Å². The first-order valence-corrected chi connectivity index (χ1v) is 7.64. The van der Waals surface area contributed by atoms with Crippen LogP contribution in [0.2, 0.25) is 0 Å². The Morgan fingerprint density at radius 3 is 2.64 bits per heavy atom. The van der Waals surface area contributed by atoms with Crippen LogP contribution >= 0.6 is 0 Å². The third-order valence-corrected chi connectivity index (χ3v) is 4.23. The lowest BCUT2D eigenvalue weighted by molar-refractivity contribution is -0.118. The van der Waals surface area contributed by atoms with Gasteiger partial charge in [-0.15, -0.1) is 0 Å². The van der Waals surface area contributed by atoms with Crippen LogP contribution in [0.1, 0.15) is 34.3 Å². The molecule has 0 saturated heterocycles. The van der Waals surface area contributed by atoms with Gasteiger partial charge in [0.1, 0.15) is 0 Å². The minimum atomic E-state index is 0.0863. The van der Waals surface area contributed by atoms with Gasteiger partial charge in [0.15, 0.2) is 5.78 Å². The van der Waals surface area contributed by atoms with Crippen molar-refractivity contribution < 1.29 is 9.59 Å². The van der Waals surface area contributed by atoms with Gasteiger partial charge in [-0.2, -0.15) is 0 Å². The number of hydrogen-bond donors (Lipinski definition) is 0. The Hall–Kier alpha value is -2.42. The molecular formula is C19H19NO2. The number of nitrogens with zero attached hydrogens (tertiary/aromatic N) is 1. The molecule has 22 heavy (non-hydrogen) atoms. The molecule has 1 heterocycles. The summed E-state index contributed by atoms with van der Waals surface area (Å²) in [4.78, 5) is 26.3. The van der Waals surface area contributed by atoms with Gasteiger partial charge in [0, 0.05) is 24.9 Å². The highest BCUT2D eigenvalue weighted by atomic mass is 16.2. The van der Waals surface area contributed by atoms with E-state index in [1.165, 1.54) is 11.1 Å². The first kappa shape index (κ1) is 14.5. The summed E-state index contributed by atoms with van der Waals surface area (Å²) in [6, 6.07) is 15.5. The van der Waals surface area contributed by atoms with Gasteiger partial charge in [-0.05, 0) is 36.6 Å². The maximum atomic E-state index is 12.6. The molecule has 0 radical (unpaired) electrons. The highest BCUT2D eigenvalue weighted by molar-refractivity contribution is 6.08. The van der Waals surface area contributed by atoms with Crippen LogP contribution in [0.25, 0.3) is 0 Å². The highest BCUT2D eigenvalue weighted by Crippen LogP contribution is 2.27. The summed E-state index contributed by atoms with van der Waals surface area (Å²) in [6.07, 6.45) is 1.61. The van der Waals surface area contributed by atoms with Gasteiger partial charge in [0.05, 0.1) is 5.69 Å². The number of aryl methyl sites for hydroxylation is 2. The minimum absolute atomic E-state index is 0.0863. The van der Waals surface area contributed by atoms with Crippen LogP contribution in [0.15, 0.2) is 48.5 Å². The molecule has 0 aliphatic carbocycles. The molecular weight excluding hydrogens is 274 g/mol. The van der Waals surface area contributed by atoms with Gasteiger partial charge in [-0.1, -0.05) is 36.4 Å². The van der Waals surface area contributed by atoms with Gasteiger partial charge in [0.25, 0.3) is 0 Å². The highest BCUT2D eigenvalue weighted by Gasteiger charge is 2.26. The van der Waals surface area contributed by atoms with Gasteiger partial charge < -0.3 is 4.90 Å². The molecule has 2 aromatic rings. The molecule has 112 valence electrons. The molecule has 0 unspecified atom stereocenters. The predicted octanol–water partition coefficient (Wildman–Crippen LogP) is 3.55. The van der Waals surface area contributed by atoms with Crippen LogP contribution in [-0.4, -0.2) is 18.2 Å². The van der Waals surface area contributed by atoms with E-state index in [9.17, 15) is 9.59 Å². The summed E-state index contributed by atoms with van der Waals surface area (Å²) < 4.78 is 0. The van der Waals surface area contributed by atoms with Gasteiger partial charge in [-0.3, -0.25) is 9.59 Å². The summed E-state index contributed by atoms with van der Waals surface area (Å²) in [5.74, 6) is 0.210. The molecule has 0 spiro atoms. The van der Waals surface area contributed by atoms with Crippen LogP contribution in [0.5, 0.6) is 0 Å². The molecule has 3 rings (SSSR count). The zero-order valence-corrected chi connectivity index (χ0v) is 12.7. The Balaban J connectivity index is 1.75. The van der Waals surface area contributed by atoms with Crippen molar-refractivity contribution in [3.8, 4) is 0 Å². The van der Waals surface area contributed by atoms with Crippen LogP contribution in [0.4, 0.5) is 5.69 Å². The summed E-state index contributed by atoms with van der Waals surface area (Å²) in [7, 11) is 0. The zero-order valence-electron chi connectivity index (χ0n) is 12.7. The van der Waals surface area contributed by atoms with Crippen LogP contribution in [0, 0.1) is 6.92 Å². The first-order chi connectivity index (χ1) is 10.7. The molecule has 0 atom stereocenters. The van der Waals surface area contributed by atoms with Crippen LogP contribution in [0.3, 0.4) is 0 Å². The topological polar surface area (TPSA) is 37.4 Å². The number of hydrogen-bond acceptors (Lipinski definition) is 2. The first-order valence-electron chi connectivity index (χ1n) is 7.64. The van der Waals surface area contributed by atoms with Crippen molar-refractivity contribution in [1.82, 2.24) is 0 Å². The van der Waals surface area contributed by atoms with E-state index in [4.69, 9.17) is 0 Å². The van der Waals surface area contributed by atoms with E-state index in [1.807, 2.05) is 30.3 Å². The van der Waals surface area contributed by atoms with E-state index in [0.29, 0.717) is 24.9 Å². The second kappa shape index (κ2) is 6.14. The number of Topliss-reactive ketones (excluding diaryl/α,β-unsaturated/α-hetero) is 1. The summed E-state index contributed by atoms with van der Waals surface area (Å²) in [5.41, 5.74) is 3.84. The van der Waals surface area contributed by atoms with E-state index in [-0.39, 0.29) is 11.7 Å². The van der Waals surface area contributed by atoms with Crippen molar-refractivity contribution in [3.05, 3.63) is 65.2 Å². The predicted molar refractivity (Wildman–Crippen MR) is 87.2 cm³/mol. The SMILES string of the molecule is Cc1ccccc1CCC(=O)N1CCC(=O)c2ccccc21. The lowest BCUT2D eigenvalue weighted by Crippen LogP contribution is -2.37. The monoisotopic (exact) mass is 293 g/mol. The largest absolute Gasteiger partial charge is 0.311 e. The average molecular weight is 293 g/mol. The number of rotatable bonds is 3. The number of fused-ring (bicyclic) bond motifs is 1. The van der Waals surface area contributed by atoms with Gasteiger partial charge >= 0.3 is 0 Å². The minimum Gasteiger partial charge on any atom is -0.311 e. The van der Waals surface area contributed by atoms with Gasteiger partial charge in [0.2, 0.25) is 5.91 Å². The summed E-state index contributed by atoms with van der Waals surface area (Å²) in [6.45, 7) is 2.55. The van der Waals surface area contributed by atoms with Crippen molar-refractivity contribution in [1.29, 1.82) is 0 Å². The Bertz CT molecular complexity index is 721. The Labute approximate surface area is 130 Å². The molecule has 1 aliphatic heterocycles. The van der Waals surface area contributed by atoms with E-state index in [2.05, 4.69) is 19.1 Å². The fourth-order valence-corrected chi connectivity index (χ4v) is 2.94. The molecule has 0 bridgehead atoms. The maximum absolute atomic E-state index is 12.6. The van der Waals surface area contributed by atoms with E-state index >= 15 is 0 Å². The quantitative estimate of drug-likeness (QED) is 0.868. The lowest BCUT2D eigenvalue weighted by atomic mass is 9.99. The summed E-state index contributed by atoms with van der Waals surface area (Å²) in [5, 5.41) is 0. The number of anilines is 1. The molecule has 1 aliphatic rings. The molecule has 0 fully saturated rings. The van der Waals surface area contributed by atoms with E-state index in [0.717, 1.165) is 12.1 Å². The average Bonchev–Trinajstić information content (AvgIpc) is 2.54. The third kappa shape index (κ3) is 2.80. The van der Waals surface area contributed by atoms with Crippen LogP contribution < -0.4 is 4.90 Å². The number of ketones is 1. The van der Waals surface area contributed by atoms with Crippen molar-refractivity contribution in [3.63, 3.8) is 0 Å². The molecule has 3 heteroatoms. The number of para-hydroxylation sites is 1. The molecule has 0 N–H and O–H groups in total.